The number of hydrogen-bond acceptors (Lipinski definition) is 6. The highest BCUT2D eigenvalue weighted by Gasteiger charge is 2.27. The molecule has 0 aromatic carbocycles. The summed E-state index contributed by atoms with van der Waals surface area (Å²) < 4.78 is 6.63. The van der Waals surface area contributed by atoms with Gasteiger partial charge in [-0.2, -0.15) is 0 Å². The minimum Gasteiger partial charge on any atom is -0.478 e. The number of hydrogen-bond donors (Lipinski definition) is 2. The van der Waals surface area contributed by atoms with E-state index in [4.69, 9.17) is 22.1 Å². The highest BCUT2D eigenvalue weighted by atomic mass is 35.5. The van der Waals surface area contributed by atoms with Gasteiger partial charge in [-0.25, -0.2) is 9.78 Å². The van der Waals surface area contributed by atoms with E-state index in [1.165, 1.54) is 15.5 Å². The molecule has 9 nitrogen and oxygen atoms in total. The fourth-order valence-electron chi connectivity index (χ4n) is 2.95. The second-order valence-corrected chi connectivity index (χ2v) is 7.63. The number of nitrogens with one attached hydrogen (secondary N) is 1. The van der Waals surface area contributed by atoms with Crippen LogP contribution < -0.4 is 26.6 Å². The number of aromatic nitrogens is 3. The van der Waals surface area contributed by atoms with Crippen molar-refractivity contribution in [1.82, 2.24) is 14.5 Å². The summed E-state index contributed by atoms with van der Waals surface area (Å²) in [5.74, 6) is -0.323. The Morgan fingerprint density at radius 1 is 1.33 bits per heavy atom. The first kappa shape index (κ1) is 23.5. The maximum atomic E-state index is 13.4. The van der Waals surface area contributed by atoms with E-state index in [9.17, 15) is 14.4 Å². The lowest BCUT2D eigenvalue weighted by Crippen LogP contribution is -2.42. The molecule has 0 spiro atoms. The van der Waals surface area contributed by atoms with Crippen molar-refractivity contribution in [2.24, 2.45) is 5.92 Å². The Morgan fingerprint density at radius 3 is 2.63 bits per heavy atom. The van der Waals surface area contributed by atoms with Crippen LogP contribution in [0, 0.1) is 5.92 Å². The molecule has 2 aromatic heterocycles. The molecular weight excluding hydrogens is 410 g/mol. The van der Waals surface area contributed by atoms with Crippen molar-refractivity contribution in [2.75, 3.05) is 23.8 Å². The number of nitrogens with zero attached hydrogens (tertiary/aromatic N) is 3. The van der Waals surface area contributed by atoms with Gasteiger partial charge in [-0.3, -0.25) is 24.0 Å². The van der Waals surface area contributed by atoms with Gasteiger partial charge in [0.2, 0.25) is 5.88 Å². The number of H-pyrrole nitrogens is 1. The lowest BCUT2D eigenvalue weighted by molar-refractivity contribution is 0.0980. The summed E-state index contributed by atoms with van der Waals surface area (Å²) in [6, 6.07) is 3.07. The molecule has 10 heteroatoms. The van der Waals surface area contributed by atoms with Crippen LogP contribution in [0.5, 0.6) is 5.88 Å². The summed E-state index contributed by atoms with van der Waals surface area (Å²) in [5.41, 5.74) is 4.71. The molecule has 0 aliphatic heterocycles. The van der Waals surface area contributed by atoms with Crippen molar-refractivity contribution in [2.45, 2.75) is 47.1 Å². The number of rotatable bonds is 9. The molecule has 2 aromatic rings. The highest BCUT2D eigenvalue weighted by molar-refractivity contribution is 6.34. The van der Waals surface area contributed by atoms with E-state index in [2.05, 4.69) is 9.97 Å². The monoisotopic (exact) mass is 437 g/mol. The number of carbonyl (C=O) groups excluding carboxylic acids is 1. The van der Waals surface area contributed by atoms with Crippen molar-refractivity contribution in [3.05, 3.63) is 43.7 Å². The molecule has 0 bridgehead atoms. The molecule has 0 fully saturated rings. The number of carbonyl (C=O) groups is 1. The highest BCUT2D eigenvalue weighted by Crippen LogP contribution is 2.24. The fraction of sp³-hybridized carbons (Fsp3) is 0.500. The molecule has 0 saturated heterocycles. The molecule has 0 atom stereocenters. The smallest absolute Gasteiger partial charge is 0.330 e. The molecule has 30 heavy (non-hydrogen) atoms. The van der Waals surface area contributed by atoms with Gasteiger partial charge in [-0.1, -0.05) is 38.8 Å². The SMILES string of the molecule is CCCCN(C(=O)c1nc(OCC)ccc1Cl)c1c(N)n(CC(C)C)c(=O)[nH]c1=O. The number of nitrogens with two attached hydrogens (primary N) is 1. The normalized spacial score (nSPS) is 11.0. The minimum atomic E-state index is -0.737. The average Bonchev–Trinajstić information content (AvgIpc) is 2.68. The van der Waals surface area contributed by atoms with E-state index in [0.29, 0.717) is 19.6 Å². The van der Waals surface area contributed by atoms with Crippen LogP contribution in [0.1, 0.15) is 51.0 Å². The Morgan fingerprint density at radius 2 is 2.03 bits per heavy atom. The van der Waals surface area contributed by atoms with Crippen LogP contribution in [-0.4, -0.2) is 33.6 Å². The quantitative estimate of drug-likeness (QED) is 0.621. The van der Waals surface area contributed by atoms with Gasteiger partial charge in [0.05, 0.1) is 11.6 Å². The van der Waals surface area contributed by atoms with Crippen LogP contribution in [0.2, 0.25) is 5.02 Å². The fourth-order valence-corrected chi connectivity index (χ4v) is 3.13. The Bertz CT molecular complexity index is 1020. The van der Waals surface area contributed by atoms with Crippen molar-refractivity contribution < 1.29 is 9.53 Å². The number of nitrogen functional groups attached to an aromatic ring is 1. The van der Waals surface area contributed by atoms with E-state index in [-0.39, 0.29) is 40.6 Å². The molecule has 0 saturated carbocycles. The van der Waals surface area contributed by atoms with Gasteiger partial charge < -0.3 is 10.5 Å². The van der Waals surface area contributed by atoms with Crippen molar-refractivity contribution in [1.29, 1.82) is 0 Å². The van der Waals surface area contributed by atoms with E-state index in [0.717, 1.165) is 6.42 Å². The summed E-state index contributed by atoms with van der Waals surface area (Å²) >= 11 is 6.22. The van der Waals surface area contributed by atoms with Gasteiger partial charge in [0.1, 0.15) is 5.82 Å². The van der Waals surface area contributed by atoms with E-state index in [1.54, 1.807) is 13.0 Å². The summed E-state index contributed by atoms with van der Waals surface area (Å²) in [6.07, 6.45) is 1.38. The van der Waals surface area contributed by atoms with Crippen LogP contribution in [-0.2, 0) is 6.54 Å². The van der Waals surface area contributed by atoms with E-state index in [1.807, 2.05) is 20.8 Å². The first-order chi connectivity index (χ1) is 14.2. The zero-order valence-corrected chi connectivity index (χ0v) is 18.5. The van der Waals surface area contributed by atoms with Crippen LogP contribution in [0.25, 0.3) is 0 Å². The second kappa shape index (κ2) is 10.3. The first-order valence-corrected chi connectivity index (χ1v) is 10.3. The van der Waals surface area contributed by atoms with Crippen molar-refractivity contribution in [3.8, 4) is 5.88 Å². The van der Waals surface area contributed by atoms with Gasteiger partial charge in [0.15, 0.2) is 11.4 Å². The van der Waals surface area contributed by atoms with Gasteiger partial charge in [0, 0.05) is 19.2 Å². The van der Waals surface area contributed by atoms with Crippen molar-refractivity contribution >= 4 is 29.0 Å². The Balaban J connectivity index is 2.64. The van der Waals surface area contributed by atoms with E-state index >= 15 is 0 Å². The predicted molar refractivity (Wildman–Crippen MR) is 118 cm³/mol. The minimum absolute atomic E-state index is 0.0564. The van der Waals surface area contributed by atoms with Crippen LogP contribution in [0.4, 0.5) is 11.5 Å². The number of amides is 1. The summed E-state index contributed by atoms with van der Waals surface area (Å²) in [7, 11) is 0. The van der Waals surface area contributed by atoms with Gasteiger partial charge in [-0.15, -0.1) is 0 Å². The molecule has 0 aliphatic carbocycles. The Kier molecular flexibility index (Phi) is 8.05. The average molecular weight is 438 g/mol. The van der Waals surface area contributed by atoms with Crippen molar-refractivity contribution in [3.63, 3.8) is 0 Å². The lowest BCUT2D eigenvalue weighted by atomic mass is 10.2. The van der Waals surface area contributed by atoms with Gasteiger partial charge >= 0.3 is 5.69 Å². The largest absolute Gasteiger partial charge is 0.478 e. The maximum Gasteiger partial charge on any atom is 0.330 e. The first-order valence-electron chi connectivity index (χ1n) is 9.94. The molecule has 164 valence electrons. The number of unbranched alkanes of at least 4 members (excludes halogenated alkanes) is 1. The summed E-state index contributed by atoms with van der Waals surface area (Å²) in [6.45, 7) is 8.45. The second-order valence-electron chi connectivity index (χ2n) is 7.22. The molecule has 3 N–H and O–H groups in total. The zero-order valence-electron chi connectivity index (χ0n) is 17.7. The van der Waals surface area contributed by atoms with E-state index < -0.39 is 17.2 Å². The van der Waals surface area contributed by atoms with Gasteiger partial charge in [0.25, 0.3) is 11.5 Å². The van der Waals surface area contributed by atoms with Crippen LogP contribution in [0.15, 0.2) is 21.7 Å². The molecule has 2 heterocycles. The van der Waals surface area contributed by atoms with Crippen LogP contribution in [0.3, 0.4) is 0 Å². The molecule has 0 unspecified atom stereocenters. The standard InChI is InChI=1S/C20H28ClN5O4/c1-5-7-10-25(19(28)15-13(21)8-9-14(23-15)30-6-2)16-17(22)26(11-12(3)4)20(29)24-18(16)27/h8-9,12H,5-7,10-11,22H2,1-4H3,(H,24,27,29). The maximum absolute atomic E-state index is 13.4. The molecule has 2 rings (SSSR count). The zero-order chi connectivity index (χ0) is 22.4. The van der Waals surface area contributed by atoms with Gasteiger partial charge in [-0.05, 0) is 25.3 Å². The molecule has 1 amide bonds. The number of halogens is 1. The number of anilines is 2. The third-order valence-electron chi connectivity index (χ3n) is 4.33. The summed E-state index contributed by atoms with van der Waals surface area (Å²) in [4.78, 5) is 46.0. The summed E-state index contributed by atoms with van der Waals surface area (Å²) in [5, 5.41) is 0.121. The molecule has 0 aliphatic rings. The van der Waals surface area contributed by atoms with Crippen LogP contribution >= 0.6 is 11.6 Å². The number of pyridine rings is 1. The Hall–Kier alpha value is -2.81. The number of ether oxygens (including phenoxy) is 1. The molecule has 0 radical (unpaired) electrons. The predicted octanol–water partition coefficient (Wildman–Crippen LogP) is 2.67. The number of aromatic amines is 1. The molecular formula is C20H28ClN5O4. The third-order valence-corrected chi connectivity index (χ3v) is 4.63. The third kappa shape index (κ3) is 5.21. The Labute approximate surface area is 179 Å². The topological polar surface area (TPSA) is 123 Å². The lowest BCUT2D eigenvalue weighted by Gasteiger charge is -2.25.